The molecule has 1 aromatic heterocycles. The number of carbonyl (C=O) groups is 2. The van der Waals surface area contributed by atoms with E-state index in [9.17, 15) is 9.59 Å². The van der Waals surface area contributed by atoms with Gasteiger partial charge < -0.3 is 9.84 Å². The highest BCUT2D eigenvalue weighted by molar-refractivity contribution is 7.13. The second-order valence-electron chi connectivity index (χ2n) is 4.73. The molecule has 0 aliphatic rings. The van der Waals surface area contributed by atoms with Gasteiger partial charge in [-0.15, -0.1) is 11.3 Å². The summed E-state index contributed by atoms with van der Waals surface area (Å²) in [5, 5.41) is 13.7. The Kier molecular flexibility index (Phi) is 4.23. The molecule has 1 amide bonds. The zero-order chi connectivity index (χ0) is 15.5. The zero-order valence-corrected chi connectivity index (χ0v) is 12.3. The number of carbonyl (C=O) groups excluding carboxylic acids is 1. The molecule has 21 heavy (non-hydrogen) atoms. The Labute approximate surface area is 125 Å². The lowest BCUT2D eigenvalue weighted by Crippen LogP contribution is -2.42. The van der Waals surface area contributed by atoms with E-state index in [1.165, 1.54) is 35.6 Å². The van der Waals surface area contributed by atoms with Gasteiger partial charge in [0.25, 0.3) is 5.91 Å². The fourth-order valence-electron chi connectivity index (χ4n) is 1.54. The summed E-state index contributed by atoms with van der Waals surface area (Å²) in [7, 11) is 0. The van der Waals surface area contributed by atoms with Gasteiger partial charge in [0.15, 0.2) is 10.7 Å². The molecule has 2 rings (SSSR count). The predicted molar refractivity (Wildman–Crippen MR) is 78.9 cm³/mol. The number of amides is 1. The van der Waals surface area contributed by atoms with Crippen LogP contribution in [0.1, 0.15) is 24.2 Å². The van der Waals surface area contributed by atoms with Gasteiger partial charge in [0, 0.05) is 11.6 Å². The molecular formula is C14H14N2O4S. The van der Waals surface area contributed by atoms with Gasteiger partial charge in [0.2, 0.25) is 0 Å². The number of hydrogen-bond donors (Lipinski definition) is 2. The summed E-state index contributed by atoms with van der Waals surface area (Å²) < 4.78 is 5.62. The molecule has 2 N–H and O–H groups in total. The summed E-state index contributed by atoms with van der Waals surface area (Å²) >= 11 is 1.31. The summed E-state index contributed by atoms with van der Waals surface area (Å²) in [6.45, 7) is 3.25. The molecule has 0 fully saturated rings. The maximum absolute atomic E-state index is 12.1. The number of benzene rings is 1. The average molecular weight is 306 g/mol. The molecule has 7 heteroatoms. The normalized spacial score (nSPS) is 11.0. The summed E-state index contributed by atoms with van der Waals surface area (Å²) in [5.74, 6) is -0.929. The van der Waals surface area contributed by atoms with Crippen LogP contribution in [0.2, 0.25) is 0 Å². The van der Waals surface area contributed by atoms with Crippen LogP contribution in [0.4, 0.5) is 5.13 Å². The Morgan fingerprint density at radius 2 is 1.95 bits per heavy atom. The van der Waals surface area contributed by atoms with Gasteiger partial charge in [-0.05, 0) is 38.1 Å². The number of thiazole rings is 1. The van der Waals surface area contributed by atoms with Gasteiger partial charge in [0.1, 0.15) is 5.75 Å². The van der Waals surface area contributed by atoms with Crippen molar-refractivity contribution >= 4 is 28.3 Å². The number of rotatable bonds is 5. The van der Waals surface area contributed by atoms with Crippen molar-refractivity contribution in [3.63, 3.8) is 0 Å². The van der Waals surface area contributed by atoms with Gasteiger partial charge in [-0.3, -0.25) is 10.1 Å². The molecule has 0 saturated carbocycles. The van der Waals surface area contributed by atoms with E-state index in [2.05, 4.69) is 10.3 Å². The van der Waals surface area contributed by atoms with Crippen LogP contribution >= 0.6 is 11.3 Å². The lowest BCUT2D eigenvalue weighted by molar-refractivity contribution is -0.128. The van der Waals surface area contributed by atoms with E-state index >= 15 is 0 Å². The maximum Gasteiger partial charge on any atom is 0.335 e. The highest BCUT2D eigenvalue weighted by Crippen LogP contribution is 2.21. The van der Waals surface area contributed by atoms with Crippen molar-refractivity contribution in [2.75, 3.05) is 5.32 Å². The first kappa shape index (κ1) is 15.0. The van der Waals surface area contributed by atoms with Gasteiger partial charge in [-0.2, -0.15) is 0 Å². The van der Waals surface area contributed by atoms with Crippen LogP contribution in [0.15, 0.2) is 35.8 Å². The number of nitrogens with one attached hydrogen (secondary N) is 1. The van der Waals surface area contributed by atoms with Crippen molar-refractivity contribution in [2.24, 2.45) is 0 Å². The largest absolute Gasteiger partial charge is 0.478 e. The zero-order valence-electron chi connectivity index (χ0n) is 11.5. The number of anilines is 1. The monoisotopic (exact) mass is 306 g/mol. The molecule has 1 heterocycles. The number of carboxylic acids is 1. The first-order valence-electron chi connectivity index (χ1n) is 6.12. The van der Waals surface area contributed by atoms with Crippen molar-refractivity contribution in [3.05, 3.63) is 41.4 Å². The highest BCUT2D eigenvalue weighted by Gasteiger charge is 2.30. The van der Waals surface area contributed by atoms with Gasteiger partial charge >= 0.3 is 5.97 Å². The number of carboxylic acid groups (broad SMARTS) is 1. The Morgan fingerprint density at radius 3 is 2.48 bits per heavy atom. The molecule has 0 radical (unpaired) electrons. The lowest BCUT2D eigenvalue weighted by atomic mass is 10.1. The van der Waals surface area contributed by atoms with Crippen molar-refractivity contribution in [1.29, 1.82) is 0 Å². The van der Waals surface area contributed by atoms with Crippen molar-refractivity contribution in [1.82, 2.24) is 4.98 Å². The third-order valence-corrected chi connectivity index (χ3v) is 3.36. The van der Waals surface area contributed by atoms with Crippen molar-refractivity contribution in [3.8, 4) is 5.75 Å². The molecule has 0 spiro atoms. The topological polar surface area (TPSA) is 88.5 Å². The van der Waals surface area contributed by atoms with E-state index in [1.807, 2.05) is 0 Å². The van der Waals surface area contributed by atoms with E-state index in [4.69, 9.17) is 9.84 Å². The first-order chi connectivity index (χ1) is 9.88. The molecule has 1 aromatic carbocycles. The third kappa shape index (κ3) is 3.79. The molecule has 0 bridgehead atoms. The van der Waals surface area contributed by atoms with E-state index in [1.54, 1.807) is 25.4 Å². The quantitative estimate of drug-likeness (QED) is 0.886. The van der Waals surface area contributed by atoms with Crippen LogP contribution in [-0.4, -0.2) is 27.6 Å². The lowest BCUT2D eigenvalue weighted by Gasteiger charge is -2.24. The van der Waals surface area contributed by atoms with Crippen LogP contribution in [-0.2, 0) is 4.79 Å². The molecule has 0 atom stereocenters. The number of aromatic carboxylic acids is 1. The smallest absolute Gasteiger partial charge is 0.335 e. The molecule has 0 aliphatic carbocycles. The predicted octanol–water partition coefficient (Wildman–Crippen LogP) is 2.64. The summed E-state index contributed by atoms with van der Waals surface area (Å²) in [6, 6.07) is 5.88. The van der Waals surface area contributed by atoms with Crippen LogP contribution in [0, 0.1) is 0 Å². The Morgan fingerprint density at radius 1 is 1.29 bits per heavy atom. The minimum absolute atomic E-state index is 0.160. The fraction of sp³-hybridized carbons (Fsp3) is 0.214. The molecule has 6 nitrogen and oxygen atoms in total. The Hall–Kier alpha value is -2.41. The minimum Gasteiger partial charge on any atom is -0.478 e. The first-order valence-corrected chi connectivity index (χ1v) is 7.00. The molecular weight excluding hydrogens is 292 g/mol. The van der Waals surface area contributed by atoms with Gasteiger partial charge in [0.05, 0.1) is 5.56 Å². The summed E-state index contributed by atoms with van der Waals surface area (Å²) in [6.07, 6.45) is 1.60. The van der Waals surface area contributed by atoms with Crippen molar-refractivity contribution < 1.29 is 19.4 Å². The fourth-order valence-corrected chi connectivity index (χ4v) is 2.06. The Bertz CT molecular complexity index is 636. The third-order valence-electron chi connectivity index (χ3n) is 2.67. The average Bonchev–Trinajstić information content (AvgIpc) is 2.91. The molecule has 0 saturated heterocycles. The van der Waals surface area contributed by atoms with E-state index < -0.39 is 11.6 Å². The second kappa shape index (κ2) is 5.92. The van der Waals surface area contributed by atoms with Crippen LogP contribution in [0.5, 0.6) is 5.75 Å². The standard InChI is InChI=1S/C14H14N2O4S/c1-14(2,12(19)16-13-15-7-8-21-13)20-10-5-3-9(4-6-10)11(17)18/h3-8H,1-2H3,(H,17,18)(H,15,16,19). The van der Waals surface area contributed by atoms with E-state index in [0.717, 1.165) is 0 Å². The van der Waals surface area contributed by atoms with Crippen LogP contribution in [0.25, 0.3) is 0 Å². The number of ether oxygens (including phenoxy) is 1. The minimum atomic E-state index is -1.11. The molecule has 2 aromatic rings. The van der Waals surface area contributed by atoms with Crippen LogP contribution < -0.4 is 10.1 Å². The second-order valence-corrected chi connectivity index (χ2v) is 5.63. The van der Waals surface area contributed by atoms with Crippen LogP contribution in [0.3, 0.4) is 0 Å². The molecule has 0 aliphatic heterocycles. The maximum atomic E-state index is 12.1. The molecule has 0 unspecified atom stereocenters. The summed E-state index contributed by atoms with van der Waals surface area (Å²) in [5.41, 5.74) is -0.955. The molecule has 110 valence electrons. The summed E-state index contributed by atoms with van der Waals surface area (Å²) in [4.78, 5) is 26.9. The van der Waals surface area contributed by atoms with Gasteiger partial charge in [-0.1, -0.05) is 0 Å². The highest BCUT2D eigenvalue weighted by atomic mass is 32.1. The SMILES string of the molecule is CC(C)(Oc1ccc(C(=O)O)cc1)C(=O)Nc1nccs1. The van der Waals surface area contributed by atoms with E-state index in [-0.39, 0.29) is 11.5 Å². The Balaban J connectivity index is 2.05. The van der Waals surface area contributed by atoms with Crippen molar-refractivity contribution in [2.45, 2.75) is 19.4 Å². The number of hydrogen-bond acceptors (Lipinski definition) is 5. The van der Waals surface area contributed by atoms with Gasteiger partial charge in [-0.25, -0.2) is 9.78 Å². The number of nitrogens with zero attached hydrogens (tertiary/aromatic N) is 1. The number of aromatic nitrogens is 1. The van der Waals surface area contributed by atoms with E-state index in [0.29, 0.717) is 10.9 Å².